The molecule has 40 heavy (non-hydrogen) atoms. The number of carbonyl (C=O) groups is 1. The lowest BCUT2D eigenvalue weighted by atomic mass is 9.91. The molecule has 2 aliphatic rings. The van der Waals surface area contributed by atoms with Crippen LogP contribution in [0.2, 0.25) is 0 Å². The number of hydrogen-bond donors (Lipinski definition) is 0. The minimum absolute atomic E-state index is 0.112. The van der Waals surface area contributed by atoms with Gasteiger partial charge in [-0.25, -0.2) is 4.39 Å². The van der Waals surface area contributed by atoms with Crippen molar-refractivity contribution in [2.75, 3.05) is 36.7 Å². The SMILES string of the molecule is CCOc1ccc(F)c(N2CCC(Oc3ccc(N4N=C(C(F)(F)F)C(C)C4CC(=O)OC)cc3)C(CC)C2)c1. The van der Waals surface area contributed by atoms with E-state index in [1.807, 2.05) is 11.8 Å². The molecule has 2 heterocycles. The molecule has 4 atom stereocenters. The monoisotopic (exact) mass is 565 g/mol. The van der Waals surface area contributed by atoms with Gasteiger partial charge in [-0.1, -0.05) is 13.8 Å². The van der Waals surface area contributed by atoms with Crippen molar-refractivity contribution < 1.29 is 36.6 Å². The van der Waals surface area contributed by atoms with Crippen LogP contribution >= 0.6 is 0 Å². The molecule has 2 aromatic rings. The van der Waals surface area contributed by atoms with E-state index >= 15 is 0 Å². The number of hydrogen-bond acceptors (Lipinski definition) is 7. The Bertz CT molecular complexity index is 1200. The Morgan fingerprint density at radius 1 is 1.10 bits per heavy atom. The first-order chi connectivity index (χ1) is 19.0. The smallest absolute Gasteiger partial charge is 0.431 e. The molecule has 1 fully saturated rings. The van der Waals surface area contributed by atoms with Gasteiger partial charge in [0.25, 0.3) is 0 Å². The van der Waals surface area contributed by atoms with E-state index in [0.717, 1.165) is 6.42 Å². The van der Waals surface area contributed by atoms with Crippen molar-refractivity contribution in [1.82, 2.24) is 0 Å². The molecule has 4 unspecified atom stereocenters. The van der Waals surface area contributed by atoms with E-state index in [-0.39, 0.29) is 24.3 Å². The summed E-state index contributed by atoms with van der Waals surface area (Å²) in [5.41, 5.74) is -0.00582. The van der Waals surface area contributed by atoms with Crippen molar-refractivity contribution in [3.63, 3.8) is 0 Å². The highest BCUT2D eigenvalue weighted by Gasteiger charge is 2.49. The molecule has 0 bridgehead atoms. The van der Waals surface area contributed by atoms with E-state index < -0.39 is 29.8 Å². The van der Waals surface area contributed by atoms with Crippen LogP contribution in [0.1, 0.15) is 40.0 Å². The molecule has 1 saturated heterocycles. The Balaban J connectivity index is 1.46. The maximum atomic E-state index is 14.6. The number of hydrazone groups is 1. The number of piperidine rings is 1. The number of esters is 1. The highest BCUT2D eigenvalue weighted by molar-refractivity contribution is 5.96. The number of carbonyl (C=O) groups excluding carboxylic acids is 1. The van der Waals surface area contributed by atoms with Crippen molar-refractivity contribution in [2.45, 2.75) is 58.4 Å². The zero-order chi connectivity index (χ0) is 29.0. The average Bonchev–Trinajstić information content (AvgIpc) is 3.26. The van der Waals surface area contributed by atoms with Gasteiger partial charge in [-0.05, 0) is 49.7 Å². The zero-order valence-electron chi connectivity index (χ0n) is 23.1. The molecule has 0 saturated carbocycles. The summed E-state index contributed by atoms with van der Waals surface area (Å²) in [5, 5.41) is 5.09. The van der Waals surface area contributed by atoms with Gasteiger partial charge in [-0.2, -0.15) is 18.3 Å². The van der Waals surface area contributed by atoms with Crippen molar-refractivity contribution in [3.8, 4) is 11.5 Å². The summed E-state index contributed by atoms with van der Waals surface area (Å²) in [5.74, 6) is -0.593. The lowest BCUT2D eigenvalue weighted by Crippen LogP contribution is -2.45. The Labute approximate surface area is 231 Å². The second-order valence-corrected chi connectivity index (χ2v) is 10.1. The number of ether oxygens (including phenoxy) is 3. The van der Waals surface area contributed by atoms with Gasteiger partial charge in [0, 0.05) is 37.4 Å². The van der Waals surface area contributed by atoms with Gasteiger partial charge in [0.15, 0.2) is 0 Å². The number of alkyl halides is 3. The molecule has 0 aliphatic carbocycles. The Morgan fingerprint density at radius 2 is 1.80 bits per heavy atom. The fourth-order valence-corrected chi connectivity index (χ4v) is 5.38. The predicted molar refractivity (Wildman–Crippen MR) is 145 cm³/mol. The maximum absolute atomic E-state index is 14.6. The molecule has 2 aliphatic heterocycles. The largest absolute Gasteiger partial charge is 0.494 e. The summed E-state index contributed by atoms with van der Waals surface area (Å²) in [6, 6.07) is 10.6. The number of halogens is 4. The van der Waals surface area contributed by atoms with Crippen LogP contribution in [0.15, 0.2) is 47.6 Å². The highest BCUT2D eigenvalue weighted by atomic mass is 19.4. The molecule has 0 radical (unpaired) electrons. The van der Waals surface area contributed by atoms with Crippen molar-refractivity contribution in [1.29, 1.82) is 0 Å². The standard InChI is InChI=1S/C29H35F4N3O4/c1-5-19-17-35(25-15-22(39-6-2)11-12-23(25)30)14-13-26(19)40-21-9-7-20(8-10-21)36-24(16-27(37)38-4)18(3)28(34-36)29(31,32)33/h7-12,15,18-19,24,26H,5-6,13-14,16-17H2,1-4H3. The Morgan fingerprint density at radius 3 is 2.42 bits per heavy atom. The van der Waals surface area contributed by atoms with Gasteiger partial charge in [-0.15, -0.1) is 0 Å². The fourth-order valence-electron chi connectivity index (χ4n) is 5.38. The first-order valence-electron chi connectivity index (χ1n) is 13.5. The van der Waals surface area contributed by atoms with E-state index in [2.05, 4.69) is 12.0 Å². The quantitative estimate of drug-likeness (QED) is 0.266. The van der Waals surface area contributed by atoms with Crippen LogP contribution in [0.4, 0.5) is 28.9 Å². The van der Waals surface area contributed by atoms with Crippen molar-refractivity contribution in [2.24, 2.45) is 16.9 Å². The van der Waals surface area contributed by atoms with Gasteiger partial charge in [0.1, 0.15) is 29.1 Å². The van der Waals surface area contributed by atoms with Crippen molar-refractivity contribution in [3.05, 3.63) is 48.3 Å². The predicted octanol–water partition coefficient (Wildman–Crippen LogP) is 6.21. The van der Waals surface area contributed by atoms with Gasteiger partial charge in [0.2, 0.25) is 0 Å². The van der Waals surface area contributed by atoms with E-state index in [9.17, 15) is 22.4 Å². The van der Waals surface area contributed by atoms with Crippen LogP contribution in [0.3, 0.4) is 0 Å². The number of anilines is 2. The highest BCUT2D eigenvalue weighted by Crippen LogP contribution is 2.38. The average molecular weight is 566 g/mol. The third-order valence-corrected chi connectivity index (χ3v) is 7.58. The molecular formula is C29H35F4N3O4. The lowest BCUT2D eigenvalue weighted by molar-refractivity contribution is -0.141. The van der Waals surface area contributed by atoms with E-state index in [1.165, 1.54) is 25.1 Å². The van der Waals surface area contributed by atoms with E-state index in [4.69, 9.17) is 14.2 Å². The van der Waals surface area contributed by atoms with Gasteiger partial charge in [0.05, 0.1) is 37.6 Å². The number of methoxy groups -OCH3 is 1. The summed E-state index contributed by atoms with van der Waals surface area (Å²) in [6.07, 6.45) is -3.46. The van der Waals surface area contributed by atoms with Gasteiger partial charge >= 0.3 is 12.1 Å². The topological polar surface area (TPSA) is 63.6 Å². The van der Waals surface area contributed by atoms with E-state index in [1.54, 1.807) is 36.4 Å². The number of benzene rings is 2. The fraction of sp³-hybridized carbons (Fsp3) is 0.517. The van der Waals surface area contributed by atoms with Crippen molar-refractivity contribution >= 4 is 23.1 Å². The Hall–Kier alpha value is -3.50. The third kappa shape index (κ3) is 6.45. The van der Waals surface area contributed by atoms with Crippen LogP contribution in [0, 0.1) is 17.7 Å². The molecule has 7 nitrogen and oxygen atoms in total. The Kier molecular flexibility index (Phi) is 9.10. The summed E-state index contributed by atoms with van der Waals surface area (Å²) in [6.45, 7) is 7.06. The summed E-state index contributed by atoms with van der Waals surface area (Å²) in [7, 11) is 1.20. The second-order valence-electron chi connectivity index (χ2n) is 10.1. The maximum Gasteiger partial charge on any atom is 0.431 e. The molecule has 0 spiro atoms. The first kappa shape index (κ1) is 29.5. The van der Waals surface area contributed by atoms with Crippen LogP contribution < -0.4 is 19.4 Å². The molecular weight excluding hydrogens is 530 g/mol. The molecule has 0 amide bonds. The number of rotatable bonds is 9. The summed E-state index contributed by atoms with van der Waals surface area (Å²) < 4.78 is 71.9. The normalized spacial score (nSPS) is 23.1. The number of nitrogens with zero attached hydrogens (tertiary/aromatic N) is 3. The van der Waals surface area contributed by atoms with Crippen LogP contribution in [0.25, 0.3) is 0 Å². The molecule has 11 heteroatoms. The van der Waals surface area contributed by atoms with E-state index in [0.29, 0.717) is 49.0 Å². The molecule has 0 N–H and O–H groups in total. The summed E-state index contributed by atoms with van der Waals surface area (Å²) >= 11 is 0. The lowest BCUT2D eigenvalue weighted by Gasteiger charge is -2.39. The molecule has 0 aromatic heterocycles. The minimum Gasteiger partial charge on any atom is -0.494 e. The summed E-state index contributed by atoms with van der Waals surface area (Å²) in [4.78, 5) is 13.9. The van der Waals surface area contributed by atoms with Crippen LogP contribution in [0.5, 0.6) is 11.5 Å². The molecule has 2 aromatic carbocycles. The second kappa shape index (κ2) is 12.3. The first-order valence-corrected chi connectivity index (χ1v) is 13.5. The third-order valence-electron chi connectivity index (χ3n) is 7.58. The van der Waals surface area contributed by atoms with Gasteiger partial charge in [-0.3, -0.25) is 9.80 Å². The molecule has 218 valence electrons. The van der Waals surface area contributed by atoms with Crippen LogP contribution in [-0.2, 0) is 9.53 Å². The van der Waals surface area contributed by atoms with Crippen LogP contribution in [-0.4, -0.2) is 56.8 Å². The minimum atomic E-state index is -4.61. The zero-order valence-corrected chi connectivity index (χ0v) is 23.1. The van der Waals surface area contributed by atoms with Gasteiger partial charge < -0.3 is 19.1 Å². The molecule has 4 rings (SSSR count).